The van der Waals surface area contributed by atoms with E-state index in [0.717, 1.165) is 0 Å². The van der Waals surface area contributed by atoms with Crippen LogP contribution in [0.3, 0.4) is 0 Å². The quantitative estimate of drug-likeness (QED) is 0.728. The van der Waals surface area contributed by atoms with E-state index in [9.17, 15) is 18.0 Å². The van der Waals surface area contributed by atoms with E-state index in [4.69, 9.17) is 4.74 Å². The van der Waals surface area contributed by atoms with Gasteiger partial charge in [0.15, 0.2) is 0 Å². The standard InChI is InChI=1S/C16H24N2O5S/c1-5-23-15(20)10-9-14(19)17-12-7-6-8-13(11-12)24(21,22)18-16(2,3)4/h6-8,11,18H,5,9-10H2,1-4H3,(H,17,19). The molecule has 1 amide bonds. The summed E-state index contributed by atoms with van der Waals surface area (Å²) < 4.78 is 31.9. The largest absolute Gasteiger partial charge is 0.466 e. The van der Waals surface area contributed by atoms with E-state index in [1.54, 1.807) is 33.8 Å². The fourth-order valence-electron chi connectivity index (χ4n) is 1.88. The maximum Gasteiger partial charge on any atom is 0.306 e. The van der Waals surface area contributed by atoms with Crippen LogP contribution in [0.5, 0.6) is 0 Å². The highest BCUT2D eigenvalue weighted by Crippen LogP contribution is 2.17. The number of anilines is 1. The van der Waals surface area contributed by atoms with Crippen LogP contribution in [0.4, 0.5) is 5.69 Å². The van der Waals surface area contributed by atoms with Crippen molar-refractivity contribution in [2.75, 3.05) is 11.9 Å². The second-order valence-corrected chi connectivity index (χ2v) is 7.92. The van der Waals surface area contributed by atoms with Crippen LogP contribution >= 0.6 is 0 Å². The third-order valence-electron chi connectivity index (χ3n) is 2.73. The molecular formula is C16H24N2O5S. The smallest absolute Gasteiger partial charge is 0.306 e. The third-order valence-corrected chi connectivity index (χ3v) is 4.49. The number of hydrogen-bond acceptors (Lipinski definition) is 5. The highest BCUT2D eigenvalue weighted by molar-refractivity contribution is 7.89. The van der Waals surface area contributed by atoms with Gasteiger partial charge >= 0.3 is 5.97 Å². The van der Waals surface area contributed by atoms with Gasteiger partial charge in [-0.15, -0.1) is 0 Å². The monoisotopic (exact) mass is 356 g/mol. The molecule has 1 aromatic rings. The molecule has 2 N–H and O–H groups in total. The van der Waals surface area contributed by atoms with E-state index < -0.39 is 21.5 Å². The molecule has 0 heterocycles. The van der Waals surface area contributed by atoms with E-state index in [2.05, 4.69) is 10.0 Å². The van der Waals surface area contributed by atoms with Crippen molar-refractivity contribution in [2.45, 2.75) is 51.0 Å². The number of carbonyl (C=O) groups excluding carboxylic acids is 2. The number of rotatable bonds is 7. The first-order valence-corrected chi connectivity index (χ1v) is 9.11. The van der Waals surface area contributed by atoms with Crippen molar-refractivity contribution < 1.29 is 22.7 Å². The van der Waals surface area contributed by atoms with Crippen molar-refractivity contribution in [1.82, 2.24) is 4.72 Å². The molecule has 24 heavy (non-hydrogen) atoms. The van der Waals surface area contributed by atoms with Gasteiger partial charge in [0, 0.05) is 17.6 Å². The Balaban J connectivity index is 2.75. The van der Waals surface area contributed by atoms with Crippen molar-refractivity contribution in [2.24, 2.45) is 0 Å². The van der Waals surface area contributed by atoms with E-state index in [1.807, 2.05) is 0 Å². The van der Waals surface area contributed by atoms with Crippen molar-refractivity contribution in [3.05, 3.63) is 24.3 Å². The maximum absolute atomic E-state index is 12.3. The molecule has 7 nitrogen and oxygen atoms in total. The zero-order valence-electron chi connectivity index (χ0n) is 14.4. The highest BCUT2D eigenvalue weighted by Gasteiger charge is 2.22. The molecule has 0 radical (unpaired) electrons. The van der Waals surface area contributed by atoms with Gasteiger partial charge in [-0.3, -0.25) is 9.59 Å². The minimum atomic E-state index is -3.68. The zero-order chi connectivity index (χ0) is 18.4. The first-order chi connectivity index (χ1) is 11.0. The lowest BCUT2D eigenvalue weighted by atomic mass is 10.1. The fourth-order valence-corrected chi connectivity index (χ4v) is 3.34. The van der Waals surface area contributed by atoms with Gasteiger partial charge in [-0.25, -0.2) is 13.1 Å². The molecule has 1 aromatic carbocycles. The van der Waals surface area contributed by atoms with Crippen LogP contribution in [0.2, 0.25) is 0 Å². The van der Waals surface area contributed by atoms with Gasteiger partial charge in [-0.2, -0.15) is 0 Å². The lowest BCUT2D eigenvalue weighted by Crippen LogP contribution is -2.40. The molecule has 0 bridgehead atoms. The van der Waals surface area contributed by atoms with Crippen molar-refractivity contribution >= 4 is 27.6 Å². The Bertz CT molecular complexity index is 693. The number of sulfonamides is 1. The van der Waals surface area contributed by atoms with E-state index in [1.165, 1.54) is 18.2 Å². The van der Waals surface area contributed by atoms with Gasteiger partial charge in [0.2, 0.25) is 15.9 Å². The SMILES string of the molecule is CCOC(=O)CCC(=O)Nc1cccc(S(=O)(=O)NC(C)(C)C)c1. The van der Waals surface area contributed by atoms with Gasteiger partial charge in [0.1, 0.15) is 0 Å². The van der Waals surface area contributed by atoms with Crippen molar-refractivity contribution in [3.63, 3.8) is 0 Å². The number of hydrogen-bond donors (Lipinski definition) is 2. The van der Waals surface area contributed by atoms with Crippen LogP contribution in [-0.4, -0.2) is 32.4 Å². The van der Waals surface area contributed by atoms with Gasteiger partial charge in [-0.05, 0) is 45.9 Å². The van der Waals surface area contributed by atoms with Gasteiger partial charge in [0.25, 0.3) is 0 Å². The summed E-state index contributed by atoms with van der Waals surface area (Å²) in [6, 6.07) is 5.94. The van der Waals surface area contributed by atoms with Crippen LogP contribution in [-0.2, 0) is 24.3 Å². The summed E-state index contributed by atoms with van der Waals surface area (Å²) >= 11 is 0. The van der Waals surface area contributed by atoms with Crippen LogP contribution in [0.1, 0.15) is 40.5 Å². The normalized spacial score (nSPS) is 11.8. The highest BCUT2D eigenvalue weighted by atomic mass is 32.2. The summed E-state index contributed by atoms with van der Waals surface area (Å²) in [5.74, 6) is -0.834. The van der Waals surface area contributed by atoms with Crippen LogP contribution in [0, 0.1) is 0 Å². The lowest BCUT2D eigenvalue weighted by Gasteiger charge is -2.20. The molecule has 0 unspecified atom stereocenters. The summed E-state index contributed by atoms with van der Waals surface area (Å²) in [4.78, 5) is 23.1. The second kappa shape index (κ2) is 8.25. The van der Waals surface area contributed by atoms with Crippen LogP contribution in [0.25, 0.3) is 0 Å². The van der Waals surface area contributed by atoms with E-state index >= 15 is 0 Å². The van der Waals surface area contributed by atoms with E-state index in [0.29, 0.717) is 5.69 Å². The Morgan fingerprint density at radius 2 is 1.83 bits per heavy atom. The molecule has 0 saturated heterocycles. The average molecular weight is 356 g/mol. The minimum absolute atomic E-state index is 0.0246. The maximum atomic E-state index is 12.3. The predicted octanol–water partition coefficient (Wildman–Crippen LogP) is 2.05. The number of esters is 1. The molecule has 0 aliphatic rings. The first kappa shape index (κ1) is 20.1. The Kier molecular flexibility index (Phi) is 6.92. The molecular weight excluding hydrogens is 332 g/mol. The van der Waals surface area contributed by atoms with Crippen molar-refractivity contribution in [1.29, 1.82) is 0 Å². The zero-order valence-corrected chi connectivity index (χ0v) is 15.2. The van der Waals surface area contributed by atoms with Gasteiger partial charge in [-0.1, -0.05) is 6.07 Å². The molecule has 0 fully saturated rings. The fraction of sp³-hybridized carbons (Fsp3) is 0.500. The molecule has 1 rings (SSSR count). The molecule has 0 aliphatic carbocycles. The molecule has 0 aliphatic heterocycles. The second-order valence-electron chi connectivity index (χ2n) is 6.24. The Hall–Kier alpha value is -1.93. The van der Waals surface area contributed by atoms with Crippen LogP contribution in [0.15, 0.2) is 29.2 Å². The lowest BCUT2D eigenvalue weighted by molar-refractivity contribution is -0.144. The Morgan fingerprint density at radius 1 is 1.17 bits per heavy atom. The van der Waals surface area contributed by atoms with Crippen molar-refractivity contribution in [3.8, 4) is 0 Å². The number of ether oxygens (including phenoxy) is 1. The minimum Gasteiger partial charge on any atom is -0.466 e. The molecule has 0 aromatic heterocycles. The van der Waals surface area contributed by atoms with Gasteiger partial charge in [0.05, 0.1) is 17.9 Å². The Morgan fingerprint density at radius 3 is 2.42 bits per heavy atom. The summed E-state index contributed by atoms with van der Waals surface area (Å²) in [5, 5.41) is 2.58. The summed E-state index contributed by atoms with van der Waals surface area (Å²) in [7, 11) is -3.68. The van der Waals surface area contributed by atoms with Gasteiger partial charge < -0.3 is 10.1 Å². The predicted molar refractivity (Wildman–Crippen MR) is 91.0 cm³/mol. The number of benzene rings is 1. The van der Waals surface area contributed by atoms with E-state index in [-0.39, 0.29) is 30.3 Å². The number of carbonyl (C=O) groups is 2. The number of amides is 1. The third kappa shape index (κ3) is 7.10. The molecule has 8 heteroatoms. The first-order valence-electron chi connectivity index (χ1n) is 7.63. The molecule has 0 saturated carbocycles. The summed E-state index contributed by atoms with van der Waals surface area (Å²) in [6.45, 7) is 7.18. The molecule has 0 spiro atoms. The number of nitrogens with one attached hydrogen (secondary N) is 2. The Labute approximate surface area is 142 Å². The molecule has 0 atom stereocenters. The topological polar surface area (TPSA) is 102 Å². The average Bonchev–Trinajstić information content (AvgIpc) is 2.43. The molecule has 134 valence electrons. The summed E-state index contributed by atoms with van der Waals surface area (Å²) in [6.07, 6.45) is -0.0563. The van der Waals surface area contributed by atoms with Crippen LogP contribution < -0.4 is 10.0 Å². The summed E-state index contributed by atoms with van der Waals surface area (Å²) in [5.41, 5.74) is -0.266.